The van der Waals surface area contributed by atoms with Crippen LogP contribution in [0.5, 0.6) is 11.5 Å². The quantitative estimate of drug-likeness (QED) is 0.860. The van der Waals surface area contributed by atoms with E-state index in [2.05, 4.69) is 0 Å². The molecule has 0 radical (unpaired) electrons. The molecule has 2 N–H and O–H groups in total. The number of hydrogen-bond donors (Lipinski definition) is 1. The van der Waals surface area contributed by atoms with Crippen molar-refractivity contribution in [3.8, 4) is 11.5 Å². The fourth-order valence-corrected chi connectivity index (χ4v) is 1.88. The first kappa shape index (κ1) is 12.8. The van der Waals surface area contributed by atoms with Gasteiger partial charge in [0, 0.05) is 11.6 Å². The Bertz CT molecular complexity index is 470. The van der Waals surface area contributed by atoms with E-state index in [4.69, 9.17) is 14.6 Å². The van der Waals surface area contributed by atoms with Crippen LogP contribution in [-0.2, 0) is 10.0 Å². The number of nitrogens with two attached hydrogens (primary N) is 1. The topological polar surface area (TPSA) is 78.6 Å². The first-order chi connectivity index (χ1) is 7.40. The van der Waals surface area contributed by atoms with Crippen LogP contribution in [0.2, 0.25) is 0 Å². The lowest BCUT2D eigenvalue weighted by Crippen LogP contribution is -2.19. The van der Waals surface area contributed by atoms with Crippen molar-refractivity contribution in [3.63, 3.8) is 0 Å². The van der Waals surface area contributed by atoms with E-state index in [9.17, 15) is 8.42 Å². The van der Waals surface area contributed by atoms with Crippen molar-refractivity contribution < 1.29 is 17.9 Å². The van der Waals surface area contributed by atoms with Crippen molar-refractivity contribution in [2.75, 3.05) is 14.2 Å². The van der Waals surface area contributed by atoms with Crippen molar-refractivity contribution in [1.82, 2.24) is 0 Å². The minimum Gasteiger partial charge on any atom is -0.497 e. The van der Waals surface area contributed by atoms with E-state index in [0.29, 0.717) is 17.1 Å². The number of rotatable bonds is 4. The Hall–Kier alpha value is -1.27. The van der Waals surface area contributed by atoms with Crippen LogP contribution >= 0.6 is 0 Å². The van der Waals surface area contributed by atoms with Crippen LogP contribution in [0, 0.1) is 0 Å². The van der Waals surface area contributed by atoms with Gasteiger partial charge in [-0.2, -0.15) is 0 Å². The summed E-state index contributed by atoms with van der Waals surface area (Å²) >= 11 is 0. The molecule has 0 aliphatic carbocycles. The highest BCUT2D eigenvalue weighted by Crippen LogP contribution is 2.32. The van der Waals surface area contributed by atoms with E-state index in [1.807, 2.05) is 0 Å². The maximum absolute atomic E-state index is 11.2. The molecule has 0 heterocycles. The van der Waals surface area contributed by atoms with Crippen molar-refractivity contribution >= 4 is 10.0 Å². The summed E-state index contributed by atoms with van der Waals surface area (Å²) in [7, 11) is -0.637. The number of ether oxygens (including phenoxy) is 2. The molecule has 1 aromatic rings. The van der Waals surface area contributed by atoms with Gasteiger partial charge < -0.3 is 9.47 Å². The molecule has 1 atom stereocenters. The zero-order valence-corrected chi connectivity index (χ0v) is 10.2. The Morgan fingerprint density at radius 1 is 1.25 bits per heavy atom. The van der Waals surface area contributed by atoms with Gasteiger partial charge in [0.25, 0.3) is 0 Å². The van der Waals surface area contributed by atoms with Crippen LogP contribution in [0.3, 0.4) is 0 Å². The van der Waals surface area contributed by atoms with Crippen LogP contribution < -0.4 is 14.6 Å². The van der Waals surface area contributed by atoms with E-state index < -0.39 is 15.3 Å². The molecule has 0 aliphatic rings. The number of primary sulfonamides is 1. The molecule has 5 nitrogen and oxygen atoms in total. The Labute approximate surface area is 95.2 Å². The van der Waals surface area contributed by atoms with Gasteiger partial charge in [-0.1, -0.05) is 6.07 Å². The van der Waals surface area contributed by atoms with E-state index in [0.717, 1.165) is 0 Å². The van der Waals surface area contributed by atoms with Crippen molar-refractivity contribution in [3.05, 3.63) is 23.8 Å². The molecule has 0 saturated carbocycles. The lowest BCUT2D eigenvalue weighted by atomic mass is 10.1. The molecule has 0 bridgehead atoms. The Kier molecular flexibility index (Phi) is 3.77. The lowest BCUT2D eigenvalue weighted by Gasteiger charge is -2.14. The minimum absolute atomic E-state index is 0.445. The standard InChI is InChI=1S/C10H15NO4S/c1-7(16(11,12)13)9-5-4-8(14-2)6-10(9)15-3/h4-7H,1-3H3,(H2,11,12,13). The summed E-state index contributed by atoms with van der Waals surface area (Å²) in [5, 5.41) is 4.28. The summed E-state index contributed by atoms with van der Waals surface area (Å²) in [6, 6.07) is 4.92. The molecule has 90 valence electrons. The normalized spacial score (nSPS) is 13.2. The van der Waals surface area contributed by atoms with Gasteiger partial charge in [0.15, 0.2) is 0 Å². The molecule has 16 heavy (non-hydrogen) atoms. The second-order valence-corrected chi connectivity index (χ2v) is 5.22. The summed E-state index contributed by atoms with van der Waals surface area (Å²) in [6.45, 7) is 1.51. The van der Waals surface area contributed by atoms with Crippen LogP contribution in [0.25, 0.3) is 0 Å². The van der Waals surface area contributed by atoms with Crippen LogP contribution in [-0.4, -0.2) is 22.6 Å². The van der Waals surface area contributed by atoms with Crippen molar-refractivity contribution in [2.45, 2.75) is 12.2 Å². The highest BCUT2D eigenvalue weighted by Gasteiger charge is 2.21. The summed E-state index contributed by atoms with van der Waals surface area (Å²) in [6.07, 6.45) is 0. The third kappa shape index (κ3) is 2.65. The van der Waals surface area contributed by atoms with Crippen molar-refractivity contribution in [1.29, 1.82) is 0 Å². The van der Waals surface area contributed by atoms with E-state index >= 15 is 0 Å². The molecule has 0 spiro atoms. The average Bonchev–Trinajstić information content (AvgIpc) is 2.26. The monoisotopic (exact) mass is 245 g/mol. The third-order valence-electron chi connectivity index (χ3n) is 2.37. The fraction of sp³-hybridized carbons (Fsp3) is 0.400. The molecule has 0 aromatic heterocycles. The summed E-state index contributed by atoms with van der Waals surface area (Å²) in [5.74, 6) is 1.04. The second kappa shape index (κ2) is 4.71. The minimum atomic E-state index is -3.63. The first-order valence-electron chi connectivity index (χ1n) is 4.63. The molecular formula is C10H15NO4S. The zero-order chi connectivity index (χ0) is 12.3. The van der Waals surface area contributed by atoms with Gasteiger partial charge in [-0.3, -0.25) is 0 Å². The summed E-state index contributed by atoms with van der Waals surface area (Å²) < 4.78 is 32.6. The van der Waals surface area contributed by atoms with Gasteiger partial charge in [0.2, 0.25) is 10.0 Å². The van der Waals surface area contributed by atoms with Crippen molar-refractivity contribution in [2.24, 2.45) is 5.14 Å². The largest absolute Gasteiger partial charge is 0.497 e. The van der Waals surface area contributed by atoms with Gasteiger partial charge in [0.05, 0.1) is 14.2 Å². The molecule has 0 aliphatic heterocycles. The van der Waals surface area contributed by atoms with Gasteiger partial charge in [-0.05, 0) is 13.0 Å². The molecule has 6 heteroatoms. The lowest BCUT2D eigenvalue weighted by molar-refractivity contribution is 0.390. The molecule has 1 aromatic carbocycles. The molecule has 0 amide bonds. The van der Waals surface area contributed by atoms with Crippen LogP contribution in [0.15, 0.2) is 18.2 Å². The van der Waals surface area contributed by atoms with Gasteiger partial charge >= 0.3 is 0 Å². The predicted octanol–water partition coefficient (Wildman–Crippen LogP) is 1.05. The highest BCUT2D eigenvalue weighted by molar-refractivity contribution is 7.89. The zero-order valence-electron chi connectivity index (χ0n) is 9.43. The van der Waals surface area contributed by atoms with E-state index in [1.54, 1.807) is 18.2 Å². The Morgan fingerprint density at radius 2 is 1.88 bits per heavy atom. The fourth-order valence-electron chi connectivity index (χ4n) is 1.33. The average molecular weight is 245 g/mol. The van der Waals surface area contributed by atoms with Gasteiger partial charge in [-0.15, -0.1) is 0 Å². The van der Waals surface area contributed by atoms with Crippen LogP contribution in [0.4, 0.5) is 0 Å². The molecule has 0 fully saturated rings. The molecule has 1 unspecified atom stereocenters. The summed E-state index contributed by atoms with van der Waals surface area (Å²) in [4.78, 5) is 0. The van der Waals surface area contributed by atoms with Gasteiger partial charge in [-0.25, -0.2) is 13.6 Å². The van der Waals surface area contributed by atoms with Gasteiger partial charge in [0.1, 0.15) is 16.7 Å². The van der Waals surface area contributed by atoms with E-state index in [-0.39, 0.29) is 0 Å². The highest BCUT2D eigenvalue weighted by atomic mass is 32.2. The Balaban J connectivity index is 3.24. The van der Waals surface area contributed by atoms with Crippen LogP contribution in [0.1, 0.15) is 17.7 Å². The number of hydrogen-bond acceptors (Lipinski definition) is 4. The van der Waals surface area contributed by atoms with E-state index in [1.165, 1.54) is 21.1 Å². The maximum atomic E-state index is 11.2. The maximum Gasteiger partial charge on any atom is 0.216 e. The number of sulfonamides is 1. The molecule has 0 saturated heterocycles. The molecular weight excluding hydrogens is 230 g/mol. The second-order valence-electron chi connectivity index (χ2n) is 3.34. The third-order valence-corrected chi connectivity index (χ3v) is 3.61. The predicted molar refractivity (Wildman–Crippen MR) is 61.1 cm³/mol. The number of benzene rings is 1. The number of methoxy groups -OCH3 is 2. The SMILES string of the molecule is COc1ccc(C(C)S(N)(=O)=O)c(OC)c1. The molecule has 1 rings (SSSR count). The summed E-state index contributed by atoms with van der Waals surface area (Å²) in [5.41, 5.74) is 0.519. The smallest absolute Gasteiger partial charge is 0.216 e. The Morgan fingerprint density at radius 3 is 2.31 bits per heavy atom. The first-order valence-corrected chi connectivity index (χ1v) is 6.24.